The van der Waals surface area contributed by atoms with Crippen molar-refractivity contribution in [3.8, 4) is 0 Å². The number of likely N-dealkylation sites (N-methyl/N-ethyl adjacent to an activating group) is 1. The molecule has 0 fully saturated rings. The monoisotopic (exact) mass is 353 g/mol. The first-order chi connectivity index (χ1) is 9.99. The van der Waals surface area contributed by atoms with Crippen LogP contribution in [0.3, 0.4) is 0 Å². The average molecular weight is 354 g/mol. The summed E-state index contributed by atoms with van der Waals surface area (Å²) in [5.74, 6) is -1.51. The molecule has 0 spiro atoms. The van der Waals surface area contributed by atoms with Crippen molar-refractivity contribution in [3.63, 3.8) is 0 Å². The minimum atomic E-state index is -1.32. The van der Waals surface area contributed by atoms with Crippen LogP contribution in [0, 0.1) is 11.6 Å². The largest absolute Gasteiger partial charge is 0.383 e. The summed E-state index contributed by atoms with van der Waals surface area (Å²) in [7, 11) is 2.00. The van der Waals surface area contributed by atoms with Gasteiger partial charge in [-0.2, -0.15) is 0 Å². The molecule has 0 saturated carbocycles. The summed E-state index contributed by atoms with van der Waals surface area (Å²) in [4.78, 5) is 2.12. The SMILES string of the molecule is CN1CCc2cc(C(O)c3c(F)ccc(Br)c3F)ccc21. The van der Waals surface area contributed by atoms with Gasteiger partial charge in [0.25, 0.3) is 0 Å². The highest BCUT2D eigenvalue weighted by atomic mass is 79.9. The summed E-state index contributed by atoms with van der Waals surface area (Å²) in [6, 6.07) is 7.86. The van der Waals surface area contributed by atoms with Crippen LogP contribution in [0.1, 0.15) is 22.8 Å². The van der Waals surface area contributed by atoms with Gasteiger partial charge in [-0.05, 0) is 51.7 Å². The van der Waals surface area contributed by atoms with E-state index in [9.17, 15) is 13.9 Å². The van der Waals surface area contributed by atoms with Gasteiger partial charge in [0.1, 0.15) is 17.7 Å². The smallest absolute Gasteiger partial charge is 0.146 e. The van der Waals surface area contributed by atoms with Crippen molar-refractivity contribution < 1.29 is 13.9 Å². The average Bonchev–Trinajstić information content (AvgIpc) is 2.84. The van der Waals surface area contributed by atoms with Gasteiger partial charge in [-0.3, -0.25) is 0 Å². The number of rotatable bonds is 2. The van der Waals surface area contributed by atoms with Crippen molar-refractivity contribution >= 4 is 21.6 Å². The fraction of sp³-hybridized carbons (Fsp3) is 0.250. The Balaban J connectivity index is 2.04. The van der Waals surface area contributed by atoms with Gasteiger partial charge in [-0.25, -0.2) is 8.78 Å². The molecule has 1 aliphatic rings. The Labute approximate surface area is 130 Å². The lowest BCUT2D eigenvalue weighted by molar-refractivity contribution is 0.208. The van der Waals surface area contributed by atoms with Gasteiger partial charge < -0.3 is 10.0 Å². The second kappa shape index (κ2) is 5.39. The molecule has 2 aromatic rings. The van der Waals surface area contributed by atoms with Crippen molar-refractivity contribution in [2.45, 2.75) is 12.5 Å². The third kappa shape index (κ3) is 2.45. The van der Waals surface area contributed by atoms with Crippen molar-refractivity contribution in [1.29, 1.82) is 0 Å². The molecule has 110 valence electrons. The first-order valence-electron chi connectivity index (χ1n) is 6.64. The van der Waals surface area contributed by atoms with Crippen LogP contribution in [0.5, 0.6) is 0 Å². The van der Waals surface area contributed by atoms with Crippen LogP contribution < -0.4 is 4.90 Å². The molecule has 1 heterocycles. The van der Waals surface area contributed by atoms with Gasteiger partial charge in [0.15, 0.2) is 0 Å². The van der Waals surface area contributed by atoms with Gasteiger partial charge in [-0.15, -0.1) is 0 Å². The van der Waals surface area contributed by atoms with Crippen LogP contribution in [0.15, 0.2) is 34.8 Å². The molecule has 1 atom stereocenters. The van der Waals surface area contributed by atoms with Crippen LogP contribution in [0.25, 0.3) is 0 Å². The Morgan fingerprint density at radius 3 is 2.76 bits per heavy atom. The molecule has 0 bridgehead atoms. The molecule has 0 radical (unpaired) electrons. The Morgan fingerprint density at radius 1 is 1.24 bits per heavy atom. The molecule has 21 heavy (non-hydrogen) atoms. The van der Waals surface area contributed by atoms with E-state index in [-0.39, 0.29) is 10.0 Å². The summed E-state index contributed by atoms with van der Waals surface area (Å²) in [5, 5.41) is 10.4. The molecule has 0 aromatic heterocycles. The predicted molar refractivity (Wildman–Crippen MR) is 81.5 cm³/mol. The number of fused-ring (bicyclic) bond motifs is 1. The maximum absolute atomic E-state index is 14.1. The lowest BCUT2D eigenvalue weighted by atomic mass is 9.98. The Hall–Kier alpha value is -1.46. The predicted octanol–water partition coefficient (Wildman–Crippen LogP) is 3.80. The van der Waals surface area contributed by atoms with Gasteiger partial charge in [0.2, 0.25) is 0 Å². The van der Waals surface area contributed by atoms with Crippen LogP contribution in [-0.4, -0.2) is 18.7 Å². The molecule has 2 aromatic carbocycles. The third-order valence-electron chi connectivity index (χ3n) is 3.90. The maximum Gasteiger partial charge on any atom is 0.146 e. The van der Waals surface area contributed by atoms with Crippen LogP contribution >= 0.6 is 15.9 Å². The second-order valence-corrected chi connectivity index (χ2v) is 6.07. The van der Waals surface area contributed by atoms with Crippen LogP contribution in [0.4, 0.5) is 14.5 Å². The number of aliphatic hydroxyl groups is 1. The van der Waals surface area contributed by atoms with Gasteiger partial charge in [0.05, 0.1) is 10.0 Å². The van der Waals surface area contributed by atoms with E-state index in [2.05, 4.69) is 20.8 Å². The maximum atomic E-state index is 14.1. The summed E-state index contributed by atoms with van der Waals surface area (Å²) in [6.45, 7) is 0.911. The highest BCUT2D eigenvalue weighted by molar-refractivity contribution is 9.10. The van der Waals surface area contributed by atoms with E-state index in [1.54, 1.807) is 6.07 Å². The molecule has 0 aliphatic carbocycles. The third-order valence-corrected chi connectivity index (χ3v) is 4.51. The first-order valence-corrected chi connectivity index (χ1v) is 7.43. The van der Waals surface area contributed by atoms with E-state index in [0.717, 1.165) is 30.3 Å². The number of benzene rings is 2. The first kappa shape index (κ1) is 14.5. The number of hydrogen-bond acceptors (Lipinski definition) is 2. The zero-order valence-corrected chi connectivity index (χ0v) is 13.0. The molecular formula is C16H14BrF2NO. The quantitative estimate of drug-likeness (QED) is 0.830. The number of aliphatic hydroxyl groups excluding tert-OH is 1. The van der Waals surface area contributed by atoms with Crippen LogP contribution in [-0.2, 0) is 6.42 Å². The molecule has 3 rings (SSSR count). The van der Waals surface area contributed by atoms with Crippen LogP contribution in [0.2, 0.25) is 0 Å². The molecule has 0 saturated heterocycles. The highest BCUT2D eigenvalue weighted by Crippen LogP contribution is 2.34. The fourth-order valence-electron chi connectivity index (χ4n) is 2.72. The van der Waals surface area contributed by atoms with Crippen molar-refractivity contribution in [3.05, 3.63) is 63.1 Å². The summed E-state index contributed by atoms with van der Waals surface area (Å²) >= 11 is 3.02. The Bertz CT molecular complexity index is 705. The highest BCUT2D eigenvalue weighted by Gasteiger charge is 2.24. The fourth-order valence-corrected chi connectivity index (χ4v) is 3.06. The lowest BCUT2D eigenvalue weighted by Gasteiger charge is -2.16. The van der Waals surface area contributed by atoms with Gasteiger partial charge >= 0.3 is 0 Å². The van der Waals surface area contributed by atoms with Gasteiger partial charge in [0, 0.05) is 19.3 Å². The number of halogens is 3. The molecule has 0 amide bonds. The van der Waals surface area contributed by atoms with E-state index in [4.69, 9.17) is 0 Å². The number of nitrogens with zero attached hydrogens (tertiary/aromatic N) is 1. The van der Waals surface area contributed by atoms with E-state index in [1.807, 2.05) is 19.2 Å². The summed E-state index contributed by atoms with van der Waals surface area (Å²) in [5.41, 5.74) is 2.36. The summed E-state index contributed by atoms with van der Waals surface area (Å²) in [6.07, 6.45) is -0.450. The lowest BCUT2D eigenvalue weighted by Crippen LogP contribution is -2.12. The molecule has 2 nitrogen and oxygen atoms in total. The molecular weight excluding hydrogens is 340 g/mol. The second-order valence-electron chi connectivity index (χ2n) is 5.22. The molecule has 1 aliphatic heterocycles. The zero-order valence-electron chi connectivity index (χ0n) is 11.4. The van der Waals surface area contributed by atoms with E-state index in [0.29, 0.717) is 5.56 Å². The van der Waals surface area contributed by atoms with Gasteiger partial charge in [-0.1, -0.05) is 12.1 Å². The Kier molecular flexibility index (Phi) is 3.71. The van der Waals surface area contributed by atoms with Crippen molar-refractivity contribution in [2.75, 3.05) is 18.5 Å². The zero-order chi connectivity index (χ0) is 15.1. The minimum absolute atomic E-state index is 0.138. The summed E-state index contributed by atoms with van der Waals surface area (Å²) < 4.78 is 28.1. The van der Waals surface area contributed by atoms with Crippen molar-refractivity contribution in [1.82, 2.24) is 0 Å². The topological polar surface area (TPSA) is 23.5 Å². The number of anilines is 1. The molecule has 5 heteroatoms. The standard InChI is InChI=1S/C16H14BrF2NO/c1-20-7-6-9-8-10(2-5-13(9)20)16(21)14-12(18)4-3-11(17)15(14)19/h2-5,8,16,21H,6-7H2,1H3. The molecule has 1 N–H and O–H groups in total. The van der Waals surface area contributed by atoms with E-state index < -0.39 is 17.7 Å². The van der Waals surface area contributed by atoms with E-state index >= 15 is 0 Å². The normalized spacial score (nSPS) is 15.2. The molecule has 1 unspecified atom stereocenters. The van der Waals surface area contributed by atoms with Crippen molar-refractivity contribution in [2.24, 2.45) is 0 Å². The van der Waals surface area contributed by atoms with E-state index in [1.165, 1.54) is 6.07 Å². The Morgan fingerprint density at radius 2 is 2.00 bits per heavy atom. The minimum Gasteiger partial charge on any atom is -0.383 e. The number of hydrogen-bond donors (Lipinski definition) is 1.